The number of rotatable bonds is 49. The van der Waals surface area contributed by atoms with Crippen LogP contribution in [0.2, 0.25) is 0 Å². The predicted molar refractivity (Wildman–Crippen MR) is 270 cm³/mol. The fourth-order valence-electron chi connectivity index (χ4n) is 7.75. The van der Waals surface area contributed by atoms with Gasteiger partial charge in [-0.2, -0.15) is 0 Å². The maximum absolute atomic E-state index is 12.8. The van der Waals surface area contributed by atoms with Crippen molar-refractivity contribution in [2.45, 2.75) is 284 Å². The minimum atomic E-state index is -0.779. The highest BCUT2D eigenvalue weighted by Crippen LogP contribution is 2.15. The lowest BCUT2D eigenvalue weighted by Crippen LogP contribution is -2.30. The van der Waals surface area contributed by atoms with Gasteiger partial charge in [0.2, 0.25) is 0 Å². The van der Waals surface area contributed by atoms with E-state index in [1.807, 2.05) is 0 Å². The summed E-state index contributed by atoms with van der Waals surface area (Å²) in [6.07, 6.45) is 62.4. The molecule has 0 amide bonds. The summed E-state index contributed by atoms with van der Waals surface area (Å²) in [5.74, 6) is -0.888. The molecule has 0 N–H and O–H groups in total. The van der Waals surface area contributed by atoms with E-state index in [0.717, 1.165) is 96.3 Å². The van der Waals surface area contributed by atoms with Crippen LogP contribution in [0.25, 0.3) is 0 Å². The van der Waals surface area contributed by atoms with Crippen LogP contribution in [0.3, 0.4) is 0 Å². The minimum absolute atomic E-state index is 0.0783. The molecule has 0 radical (unpaired) electrons. The largest absolute Gasteiger partial charge is 0.462 e. The maximum Gasteiger partial charge on any atom is 0.306 e. The van der Waals surface area contributed by atoms with Crippen LogP contribution in [0.5, 0.6) is 0 Å². The Hall–Kier alpha value is -2.63. The summed E-state index contributed by atoms with van der Waals surface area (Å²) >= 11 is 0. The molecule has 1 unspecified atom stereocenters. The molecule has 63 heavy (non-hydrogen) atoms. The van der Waals surface area contributed by atoms with Gasteiger partial charge in [0.1, 0.15) is 13.2 Å². The Morgan fingerprint density at radius 3 is 0.984 bits per heavy atom. The molecule has 0 spiro atoms. The van der Waals surface area contributed by atoms with Gasteiger partial charge in [0.05, 0.1) is 0 Å². The van der Waals surface area contributed by atoms with Crippen molar-refractivity contribution >= 4 is 17.9 Å². The van der Waals surface area contributed by atoms with E-state index in [-0.39, 0.29) is 31.1 Å². The normalized spacial score (nSPS) is 12.4. The first-order valence-electron chi connectivity index (χ1n) is 27.1. The second-order valence-corrected chi connectivity index (χ2v) is 18.1. The lowest BCUT2D eigenvalue weighted by molar-refractivity contribution is -0.167. The van der Waals surface area contributed by atoms with Crippen molar-refractivity contribution in [1.82, 2.24) is 0 Å². The van der Waals surface area contributed by atoms with Crippen LogP contribution in [0.4, 0.5) is 0 Å². The predicted octanol–water partition coefficient (Wildman–Crippen LogP) is 17.9. The maximum atomic E-state index is 12.8. The topological polar surface area (TPSA) is 78.9 Å². The summed E-state index contributed by atoms with van der Waals surface area (Å²) < 4.78 is 16.8. The molecule has 0 rings (SSSR count). The van der Waals surface area contributed by atoms with E-state index in [1.165, 1.54) is 141 Å². The molecule has 0 saturated heterocycles. The van der Waals surface area contributed by atoms with Gasteiger partial charge in [-0.3, -0.25) is 14.4 Å². The number of allylic oxidation sites excluding steroid dienone is 8. The van der Waals surface area contributed by atoms with Gasteiger partial charge >= 0.3 is 17.9 Å². The number of esters is 3. The fraction of sp³-hybridized carbons (Fsp3) is 0.807. The Balaban J connectivity index is 4.33. The molecule has 0 aliphatic rings. The summed E-state index contributed by atoms with van der Waals surface area (Å²) in [6.45, 7) is 6.52. The molecule has 6 nitrogen and oxygen atoms in total. The second kappa shape index (κ2) is 52.0. The van der Waals surface area contributed by atoms with Crippen molar-refractivity contribution < 1.29 is 28.6 Å². The van der Waals surface area contributed by atoms with Crippen molar-refractivity contribution in [2.75, 3.05) is 13.2 Å². The van der Waals surface area contributed by atoms with E-state index >= 15 is 0 Å². The molecule has 366 valence electrons. The van der Waals surface area contributed by atoms with Gasteiger partial charge in [0.25, 0.3) is 0 Å². The second-order valence-electron chi connectivity index (χ2n) is 18.1. The van der Waals surface area contributed by atoms with E-state index in [4.69, 9.17) is 14.2 Å². The standard InChI is InChI=1S/C57H102O6/c1-4-7-10-13-16-19-22-24-26-27-28-29-31-32-35-38-41-44-47-50-56(59)62-53-54(52-61-55(58)49-46-43-40-37-34-21-18-15-12-9-6-3)63-57(60)51-48-45-42-39-36-33-30-25-23-20-17-14-11-8-5-2/h8,11,17,20,24-26,30,54H,4-7,9-10,12-16,18-19,21-23,27-29,31-53H2,1-3H3/b11-8-,20-17-,26-24-,30-25-. The third kappa shape index (κ3) is 50.2. The molecule has 0 aromatic heterocycles. The highest BCUT2D eigenvalue weighted by atomic mass is 16.6. The summed E-state index contributed by atoms with van der Waals surface area (Å²) in [7, 11) is 0. The van der Waals surface area contributed by atoms with Gasteiger partial charge in [-0.15, -0.1) is 0 Å². The number of hydrogen-bond acceptors (Lipinski definition) is 6. The van der Waals surface area contributed by atoms with Crippen LogP contribution < -0.4 is 0 Å². The molecular weight excluding hydrogens is 781 g/mol. The van der Waals surface area contributed by atoms with Crippen LogP contribution in [-0.2, 0) is 28.6 Å². The van der Waals surface area contributed by atoms with E-state index in [2.05, 4.69) is 69.4 Å². The van der Waals surface area contributed by atoms with Crippen molar-refractivity contribution in [1.29, 1.82) is 0 Å². The molecular formula is C57H102O6. The molecule has 1 atom stereocenters. The average molecular weight is 883 g/mol. The van der Waals surface area contributed by atoms with E-state index in [0.29, 0.717) is 19.3 Å². The lowest BCUT2D eigenvalue weighted by Gasteiger charge is -2.18. The Morgan fingerprint density at radius 2 is 0.619 bits per heavy atom. The lowest BCUT2D eigenvalue weighted by atomic mass is 10.1. The molecule has 0 heterocycles. The van der Waals surface area contributed by atoms with Crippen molar-refractivity contribution in [3.8, 4) is 0 Å². The van der Waals surface area contributed by atoms with Crippen molar-refractivity contribution in [3.05, 3.63) is 48.6 Å². The number of carbonyl (C=O) groups excluding carboxylic acids is 3. The van der Waals surface area contributed by atoms with E-state index in [9.17, 15) is 14.4 Å². The van der Waals surface area contributed by atoms with E-state index < -0.39 is 6.10 Å². The number of ether oxygens (including phenoxy) is 3. The highest BCUT2D eigenvalue weighted by Gasteiger charge is 2.19. The van der Waals surface area contributed by atoms with Gasteiger partial charge in [0, 0.05) is 19.3 Å². The van der Waals surface area contributed by atoms with Crippen molar-refractivity contribution in [2.24, 2.45) is 0 Å². The van der Waals surface area contributed by atoms with Crippen LogP contribution in [-0.4, -0.2) is 37.2 Å². The Bertz CT molecular complexity index is 1110. The molecule has 0 bridgehead atoms. The van der Waals surface area contributed by atoms with Crippen molar-refractivity contribution in [3.63, 3.8) is 0 Å². The first kappa shape index (κ1) is 60.4. The summed E-state index contributed by atoms with van der Waals surface area (Å²) in [6, 6.07) is 0. The summed E-state index contributed by atoms with van der Waals surface area (Å²) in [4.78, 5) is 38.0. The SMILES string of the molecule is CC/C=C\C/C=C\C/C=C\CCCCCCCC(=O)OC(COC(=O)CCCCCCCCCCC/C=C\CCCCCCCC)COC(=O)CCCCCCCCCCCCC. The molecule has 0 aromatic carbocycles. The third-order valence-corrected chi connectivity index (χ3v) is 11.8. The molecule has 0 saturated carbocycles. The Kier molecular flexibility index (Phi) is 49.8. The zero-order valence-electron chi connectivity index (χ0n) is 41.8. The number of unbranched alkanes of at least 4 members (excludes halogenated alkanes) is 30. The highest BCUT2D eigenvalue weighted by molar-refractivity contribution is 5.71. The average Bonchev–Trinajstić information content (AvgIpc) is 3.28. The smallest absolute Gasteiger partial charge is 0.306 e. The van der Waals surface area contributed by atoms with Gasteiger partial charge in [-0.1, -0.05) is 230 Å². The van der Waals surface area contributed by atoms with Gasteiger partial charge < -0.3 is 14.2 Å². The number of hydrogen-bond donors (Lipinski definition) is 0. The fourth-order valence-corrected chi connectivity index (χ4v) is 7.75. The molecule has 6 heteroatoms. The third-order valence-electron chi connectivity index (χ3n) is 11.8. The molecule has 0 aromatic rings. The summed E-state index contributed by atoms with van der Waals surface area (Å²) in [5, 5.41) is 0. The zero-order valence-corrected chi connectivity index (χ0v) is 41.8. The van der Waals surface area contributed by atoms with Crippen LogP contribution in [0.1, 0.15) is 278 Å². The quantitative estimate of drug-likeness (QED) is 0.0262. The molecule has 0 fully saturated rings. The Morgan fingerprint density at radius 1 is 0.333 bits per heavy atom. The minimum Gasteiger partial charge on any atom is -0.462 e. The van der Waals surface area contributed by atoms with E-state index in [1.54, 1.807) is 0 Å². The number of carbonyl (C=O) groups is 3. The molecule has 0 aliphatic carbocycles. The van der Waals surface area contributed by atoms with Gasteiger partial charge in [-0.05, 0) is 77.0 Å². The van der Waals surface area contributed by atoms with Crippen LogP contribution >= 0.6 is 0 Å². The van der Waals surface area contributed by atoms with Crippen LogP contribution in [0, 0.1) is 0 Å². The summed E-state index contributed by atoms with van der Waals surface area (Å²) in [5.41, 5.74) is 0. The molecule has 0 aliphatic heterocycles. The Labute approximate surface area is 390 Å². The van der Waals surface area contributed by atoms with Gasteiger partial charge in [0.15, 0.2) is 6.10 Å². The van der Waals surface area contributed by atoms with Gasteiger partial charge in [-0.25, -0.2) is 0 Å². The first-order chi connectivity index (χ1) is 31.0. The first-order valence-corrected chi connectivity index (χ1v) is 27.1. The zero-order chi connectivity index (χ0) is 45.8. The van der Waals surface area contributed by atoms with Crippen LogP contribution in [0.15, 0.2) is 48.6 Å². The monoisotopic (exact) mass is 883 g/mol.